The Balaban J connectivity index is 1.46. The van der Waals surface area contributed by atoms with E-state index >= 15 is 0 Å². The molecule has 0 spiro atoms. The molecule has 2 heterocycles. The van der Waals surface area contributed by atoms with Crippen molar-refractivity contribution in [2.45, 2.75) is 33.6 Å². The smallest absolute Gasteiger partial charge is 0.242 e. The first-order chi connectivity index (χ1) is 15.3. The summed E-state index contributed by atoms with van der Waals surface area (Å²) in [6.07, 6.45) is 1.13. The number of amides is 3. The highest BCUT2D eigenvalue weighted by atomic mass is 16.5. The molecule has 0 aliphatic carbocycles. The van der Waals surface area contributed by atoms with Crippen molar-refractivity contribution < 1.29 is 19.1 Å². The Morgan fingerprint density at radius 2 is 1.69 bits per heavy atom. The summed E-state index contributed by atoms with van der Waals surface area (Å²) in [4.78, 5) is 43.2. The molecule has 0 N–H and O–H groups in total. The molecule has 2 aliphatic heterocycles. The molecular formula is C25H29N3O4. The molecule has 32 heavy (non-hydrogen) atoms. The van der Waals surface area contributed by atoms with E-state index in [-0.39, 0.29) is 17.7 Å². The van der Waals surface area contributed by atoms with Crippen molar-refractivity contribution in [2.75, 3.05) is 41.4 Å². The first-order valence-corrected chi connectivity index (χ1v) is 11.0. The molecule has 0 atom stereocenters. The molecule has 0 unspecified atom stereocenters. The van der Waals surface area contributed by atoms with Crippen molar-refractivity contribution in [3.8, 4) is 5.75 Å². The lowest BCUT2D eigenvalue weighted by Crippen LogP contribution is -2.47. The lowest BCUT2D eigenvalue weighted by atomic mass is 9.90. The number of para-hydroxylation sites is 1. The van der Waals surface area contributed by atoms with Crippen molar-refractivity contribution in [3.05, 3.63) is 48.0 Å². The summed E-state index contributed by atoms with van der Waals surface area (Å²) in [5.74, 6) is 0.283. The summed E-state index contributed by atoms with van der Waals surface area (Å²) >= 11 is 0. The molecule has 7 heteroatoms. The van der Waals surface area contributed by atoms with Gasteiger partial charge in [0.1, 0.15) is 11.2 Å². The van der Waals surface area contributed by atoms with E-state index in [1.807, 2.05) is 48.2 Å². The third kappa shape index (κ3) is 3.61. The van der Waals surface area contributed by atoms with Gasteiger partial charge >= 0.3 is 0 Å². The second kappa shape index (κ2) is 8.30. The van der Waals surface area contributed by atoms with Gasteiger partial charge in [0, 0.05) is 31.9 Å². The standard InChI is InChI=1S/C25H29N3O4/c1-5-27-20-12-11-18(16-21(20)26(4)23(30)25(2,3)24(27)31)32-14-8-13-28-19-10-7-6-9-17(19)15-22(28)29/h6-7,9-12,16H,5,8,13-15H2,1-4H3. The molecule has 2 aliphatic rings. The summed E-state index contributed by atoms with van der Waals surface area (Å²) in [7, 11) is 1.69. The minimum Gasteiger partial charge on any atom is -0.493 e. The van der Waals surface area contributed by atoms with Gasteiger partial charge in [-0.1, -0.05) is 18.2 Å². The van der Waals surface area contributed by atoms with E-state index in [2.05, 4.69) is 0 Å². The highest BCUT2D eigenvalue weighted by molar-refractivity contribution is 6.20. The van der Waals surface area contributed by atoms with Crippen LogP contribution >= 0.6 is 0 Å². The van der Waals surface area contributed by atoms with Gasteiger partial charge in [0.15, 0.2) is 0 Å². The van der Waals surface area contributed by atoms with Crippen molar-refractivity contribution in [1.82, 2.24) is 0 Å². The molecular weight excluding hydrogens is 406 g/mol. The molecule has 0 radical (unpaired) electrons. The Bertz CT molecular complexity index is 1080. The summed E-state index contributed by atoms with van der Waals surface area (Å²) in [5, 5.41) is 0. The zero-order valence-corrected chi connectivity index (χ0v) is 19.1. The molecule has 0 saturated heterocycles. The van der Waals surface area contributed by atoms with Crippen LogP contribution in [-0.2, 0) is 20.8 Å². The van der Waals surface area contributed by atoms with Crippen LogP contribution in [0.3, 0.4) is 0 Å². The van der Waals surface area contributed by atoms with E-state index < -0.39 is 5.41 Å². The number of benzene rings is 2. The molecule has 3 amide bonds. The highest BCUT2D eigenvalue weighted by Crippen LogP contribution is 2.40. The second-order valence-corrected chi connectivity index (χ2v) is 8.74. The number of carbonyl (C=O) groups is 3. The normalized spacial score (nSPS) is 17.4. The van der Waals surface area contributed by atoms with Crippen LogP contribution in [0.25, 0.3) is 0 Å². The fraction of sp³-hybridized carbons (Fsp3) is 0.400. The van der Waals surface area contributed by atoms with Gasteiger partial charge in [-0.2, -0.15) is 0 Å². The number of fused-ring (bicyclic) bond motifs is 2. The number of carbonyl (C=O) groups excluding carboxylic acids is 3. The number of nitrogens with zero attached hydrogens (tertiary/aromatic N) is 3. The number of rotatable bonds is 6. The fourth-order valence-electron chi connectivity index (χ4n) is 4.44. The van der Waals surface area contributed by atoms with Gasteiger partial charge in [-0.05, 0) is 51.0 Å². The van der Waals surface area contributed by atoms with Crippen molar-refractivity contribution in [3.63, 3.8) is 0 Å². The largest absolute Gasteiger partial charge is 0.493 e. The third-order valence-corrected chi connectivity index (χ3v) is 6.25. The maximum atomic E-state index is 13.0. The third-order valence-electron chi connectivity index (χ3n) is 6.25. The van der Waals surface area contributed by atoms with Crippen LogP contribution in [-0.4, -0.2) is 44.5 Å². The number of hydrogen-bond donors (Lipinski definition) is 0. The second-order valence-electron chi connectivity index (χ2n) is 8.74. The zero-order chi connectivity index (χ0) is 23.0. The Labute approximate surface area is 188 Å². The molecule has 2 aromatic rings. The van der Waals surface area contributed by atoms with Gasteiger partial charge in [-0.15, -0.1) is 0 Å². The molecule has 0 bridgehead atoms. The molecule has 0 fully saturated rings. The summed E-state index contributed by atoms with van der Waals surface area (Å²) < 4.78 is 5.95. The Hall–Kier alpha value is -3.35. The molecule has 0 aromatic heterocycles. The molecule has 0 saturated carbocycles. The average Bonchev–Trinajstić information content (AvgIpc) is 3.09. The summed E-state index contributed by atoms with van der Waals surface area (Å²) in [5.41, 5.74) is 2.26. The first-order valence-electron chi connectivity index (χ1n) is 11.0. The lowest BCUT2D eigenvalue weighted by Gasteiger charge is -2.27. The van der Waals surface area contributed by atoms with Gasteiger partial charge in [0.2, 0.25) is 17.7 Å². The topological polar surface area (TPSA) is 70.2 Å². The van der Waals surface area contributed by atoms with Gasteiger partial charge in [-0.25, -0.2) is 0 Å². The minimum absolute atomic E-state index is 0.114. The van der Waals surface area contributed by atoms with E-state index in [4.69, 9.17) is 4.74 Å². The lowest BCUT2D eigenvalue weighted by molar-refractivity contribution is -0.137. The molecule has 168 valence electrons. The van der Waals surface area contributed by atoms with Crippen LogP contribution in [0.15, 0.2) is 42.5 Å². The number of ether oxygens (including phenoxy) is 1. The summed E-state index contributed by atoms with van der Waals surface area (Å²) in [6, 6.07) is 13.3. The zero-order valence-electron chi connectivity index (χ0n) is 19.1. The Morgan fingerprint density at radius 3 is 2.44 bits per heavy atom. The SMILES string of the molecule is CCN1C(=O)C(C)(C)C(=O)N(C)c2cc(OCCCN3C(=O)Cc4ccccc43)ccc21. The van der Waals surface area contributed by atoms with Gasteiger partial charge in [-0.3, -0.25) is 14.4 Å². The van der Waals surface area contributed by atoms with E-state index in [1.165, 1.54) is 4.90 Å². The van der Waals surface area contributed by atoms with Crippen LogP contribution < -0.4 is 19.4 Å². The van der Waals surface area contributed by atoms with Gasteiger partial charge in [0.25, 0.3) is 0 Å². The monoisotopic (exact) mass is 435 g/mol. The number of hydrogen-bond acceptors (Lipinski definition) is 4. The fourth-order valence-corrected chi connectivity index (χ4v) is 4.44. The molecule has 4 rings (SSSR count). The first kappa shape index (κ1) is 21.9. The Kier molecular flexibility index (Phi) is 5.67. The van der Waals surface area contributed by atoms with Crippen LogP contribution in [0.1, 0.15) is 32.8 Å². The van der Waals surface area contributed by atoms with E-state index in [9.17, 15) is 14.4 Å². The van der Waals surface area contributed by atoms with Crippen LogP contribution in [0.4, 0.5) is 17.1 Å². The van der Waals surface area contributed by atoms with Crippen molar-refractivity contribution >= 4 is 34.8 Å². The predicted molar refractivity (Wildman–Crippen MR) is 124 cm³/mol. The maximum Gasteiger partial charge on any atom is 0.242 e. The quantitative estimate of drug-likeness (QED) is 0.515. The predicted octanol–water partition coefficient (Wildman–Crippen LogP) is 3.40. The van der Waals surface area contributed by atoms with Crippen LogP contribution in [0.5, 0.6) is 5.75 Å². The van der Waals surface area contributed by atoms with E-state index in [0.717, 1.165) is 11.3 Å². The van der Waals surface area contributed by atoms with Crippen LogP contribution in [0, 0.1) is 5.41 Å². The van der Waals surface area contributed by atoms with E-state index in [1.54, 1.807) is 31.9 Å². The summed E-state index contributed by atoms with van der Waals surface area (Å²) in [6.45, 7) is 6.73. The highest BCUT2D eigenvalue weighted by Gasteiger charge is 2.45. The average molecular weight is 436 g/mol. The van der Waals surface area contributed by atoms with E-state index in [0.29, 0.717) is 49.7 Å². The molecule has 7 nitrogen and oxygen atoms in total. The molecule has 2 aromatic carbocycles. The van der Waals surface area contributed by atoms with Gasteiger partial charge in [0.05, 0.1) is 24.4 Å². The Morgan fingerprint density at radius 1 is 0.938 bits per heavy atom. The number of anilines is 3. The minimum atomic E-state index is -1.14. The van der Waals surface area contributed by atoms with Crippen molar-refractivity contribution in [1.29, 1.82) is 0 Å². The maximum absolute atomic E-state index is 13.0. The van der Waals surface area contributed by atoms with Crippen LogP contribution in [0.2, 0.25) is 0 Å². The van der Waals surface area contributed by atoms with Crippen molar-refractivity contribution in [2.24, 2.45) is 5.41 Å². The van der Waals surface area contributed by atoms with Gasteiger partial charge < -0.3 is 19.4 Å².